The lowest BCUT2D eigenvalue weighted by molar-refractivity contribution is -0.124. The van der Waals surface area contributed by atoms with Crippen LogP contribution in [0, 0.1) is 5.92 Å². The van der Waals surface area contributed by atoms with Crippen molar-refractivity contribution in [2.24, 2.45) is 5.92 Å². The van der Waals surface area contributed by atoms with Crippen LogP contribution in [-0.2, 0) is 14.8 Å². The quantitative estimate of drug-likeness (QED) is 0.799. The molecule has 20 heavy (non-hydrogen) atoms. The van der Waals surface area contributed by atoms with Gasteiger partial charge in [-0.1, -0.05) is 18.5 Å². The fourth-order valence-corrected chi connectivity index (χ4v) is 3.07. The molecule has 0 radical (unpaired) electrons. The smallest absolute Gasteiger partial charge is 0.266 e. The number of sulfonamides is 1. The number of rotatable bonds is 5. The van der Waals surface area contributed by atoms with Gasteiger partial charge >= 0.3 is 0 Å². The van der Waals surface area contributed by atoms with Crippen molar-refractivity contribution in [1.82, 2.24) is 14.6 Å². The molecule has 0 fully saturated rings. The van der Waals surface area contributed by atoms with Crippen LogP contribution in [0.15, 0.2) is 22.0 Å². The molecule has 1 unspecified atom stereocenters. The Bertz CT molecular complexity index is 656. The van der Waals surface area contributed by atoms with Gasteiger partial charge in [0.25, 0.3) is 5.56 Å². The molecule has 0 aliphatic heterocycles. The summed E-state index contributed by atoms with van der Waals surface area (Å²) in [5.74, 6) is -0.760. The zero-order valence-electron chi connectivity index (χ0n) is 11.3. The molecule has 0 aliphatic rings. The van der Waals surface area contributed by atoms with Gasteiger partial charge in [0.1, 0.15) is 5.02 Å². The van der Waals surface area contributed by atoms with E-state index in [2.05, 4.69) is 10.3 Å². The van der Waals surface area contributed by atoms with Gasteiger partial charge in [0.15, 0.2) is 0 Å². The molecule has 0 saturated carbocycles. The van der Waals surface area contributed by atoms with Crippen molar-refractivity contribution < 1.29 is 13.2 Å². The fourth-order valence-electron chi connectivity index (χ4n) is 1.58. The predicted octanol–water partition coefficient (Wildman–Crippen LogP) is 0.0309. The number of nitrogens with one attached hydrogen (secondary N) is 2. The standard InChI is InChI=1S/C11H16ClN3O4S/c1-7(10(16)13-2)6-15(3)20(18,19)8-4-9(12)11(17)14-5-8/h4-5,7H,6H2,1-3H3,(H,13,16)(H,14,17). The molecule has 1 aromatic rings. The van der Waals surface area contributed by atoms with Gasteiger partial charge in [-0.15, -0.1) is 0 Å². The van der Waals surface area contributed by atoms with Crippen molar-refractivity contribution in [3.8, 4) is 0 Å². The van der Waals surface area contributed by atoms with Crippen LogP contribution in [0.3, 0.4) is 0 Å². The highest BCUT2D eigenvalue weighted by molar-refractivity contribution is 7.89. The first-order chi connectivity index (χ1) is 9.20. The Hall–Kier alpha value is -1.38. The maximum absolute atomic E-state index is 12.3. The third-order valence-electron chi connectivity index (χ3n) is 2.76. The van der Waals surface area contributed by atoms with Gasteiger partial charge in [-0.05, 0) is 6.07 Å². The van der Waals surface area contributed by atoms with Crippen LogP contribution in [0.2, 0.25) is 5.02 Å². The molecule has 1 aromatic heterocycles. The lowest BCUT2D eigenvalue weighted by Crippen LogP contribution is -2.37. The van der Waals surface area contributed by atoms with Gasteiger partial charge in [-0.2, -0.15) is 0 Å². The van der Waals surface area contributed by atoms with E-state index in [-0.39, 0.29) is 22.4 Å². The molecule has 0 saturated heterocycles. The van der Waals surface area contributed by atoms with Crippen molar-refractivity contribution in [2.75, 3.05) is 20.6 Å². The predicted molar refractivity (Wildman–Crippen MR) is 75.1 cm³/mol. The van der Waals surface area contributed by atoms with Gasteiger partial charge in [0.2, 0.25) is 15.9 Å². The van der Waals surface area contributed by atoms with Crippen LogP contribution in [0.5, 0.6) is 0 Å². The SMILES string of the molecule is CNC(=O)C(C)CN(C)S(=O)(=O)c1c[nH]c(=O)c(Cl)c1. The molecule has 9 heteroatoms. The summed E-state index contributed by atoms with van der Waals surface area (Å²) in [5, 5.41) is 2.24. The van der Waals surface area contributed by atoms with E-state index in [0.717, 1.165) is 16.6 Å². The summed E-state index contributed by atoms with van der Waals surface area (Å²) < 4.78 is 25.5. The summed E-state index contributed by atoms with van der Waals surface area (Å²) in [6.07, 6.45) is 1.07. The minimum absolute atomic E-state index is 0.0127. The molecule has 1 heterocycles. The van der Waals surface area contributed by atoms with Crippen LogP contribution in [0.1, 0.15) is 6.92 Å². The van der Waals surface area contributed by atoms with Crippen molar-refractivity contribution in [2.45, 2.75) is 11.8 Å². The minimum atomic E-state index is -3.82. The lowest BCUT2D eigenvalue weighted by Gasteiger charge is -2.20. The number of hydrogen-bond donors (Lipinski definition) is 2. The van der Waals surface area contributed by atoms with Gasteiger partial charge < -0.3 is 10.3 Å². The number of pyridine rings is 1. The molecule has 1 amide bonds. The number of carbonyl (C=O) groups excluding carboxylic acids is 1. The average Bonchev–Trinajstić information content (AvgIpc) is 2.40. The molecule has 0 bridgehead atoms. The highest BCUT2D eigenvalue weighted by atomic mass is 35.5. The van der Waals surface area contributed by atoms with E-state index in [0.29, 0.717) is 0 Å². The Morgan fingerprint density at radius 2 is 2.15 bits per heavy atom. The van der Waals surface area contributed by atoms with E-state index in [9.17, 15) is 18.0 Å². The van der Waals surface area contributed by atoms with Crippen LogP contribution < -0.4 is 10.9 Å². The second-order valence-corrected chi connectivity index (χ2v) is 6.77. The van der Waals surface area contributed by atoms with E-state index < -0.39 is 21.5 Å². The summed E-state index contributed by atoms with van der Waals surface area (Å²) in [4.78, 5) is 24.6. The van der Waals surface area contributed by atoms with Gasteiger partial charge in [0.05, 0.1) is 4.90 Å². The largest absolute Gasteiger partial charge is 0.359 e. The van der Waals surface area contributed by atoms with Gasteiger partial charge in [0, 0.05) is 32.8 Å². The van der Waals surface area contributed by atoms with Crippen molar-refractivity contribution in [3.63, 3.8) is 0 Å². The molecule has 0 aromatic carbocycles. The average molecular weight is 322 g/mol. The van der Waals surface area contributed by atoms with Crippen molar-refractivity contribution in [3.05, 3.63) is 27.6 Å². The summed E-state index contributed by atoms with van der Waals surface area (Å²) in [6, 6.07) is 1.08. The first-order valence-electron chi connectivity index (χ1n) is 5.76. The van der Waals surface area contributed by atoms with Crippen molar-refractivity contribution in [1.29, 1.82) is 0 Å². The number of hydrogen-bond acceptors (Lipinski definition) is 4. The third kappa shape index (κ3) is 3.59. The minimum Gasteiger partial charge on any atom is -0.359 e. The topological polar surface area (TPSA) is 99.3 Å². The Kier molecular flexibility index (Phi) is 5.32. The number of carbonyl (C=O) groups is 1. The first-order valence-corrected chi connectivity index (χ1v) is 7.58. The van der Waals surface area contributed by atoms with E-state index >= 15 is 0 Å². The lowest BCUT2D eigenvalue weighted by atomic mass is 10.2. The summed E-state index contributed by atoms with van der Waals surface area (Å²) in [6.45, 7) is 1.63. The zero-order chi connectivity index (χ0) is 15.5. The highest BCUT2D eigenvalue weighted by Crippen LogP contribution is 2.16. The Morgan fingerprint density at radius 3 is 2.65 bits per heavy atom. The van der Waals surface area contributed by atoms with E-state index in [1.807, 2.05) is 0 Å². The number of H-pyrrole nitrogens is 1. The zero-order valence-corrected chi connectivity index (χ0v) is 12.9. The summed E-state index contributed by atoms with van der Waals surface area (Å²) in [7, 11) is -0.980. The number of amides is 1. The maximum Gasteiger partial charge on any atom is 0.266 e. The van der Waals surface area contributed by atoms with E-state index in [4.69, 9.17) is 11.6 Å². The van der Waals surface area contributed by atoms with Crippen LogP contribution in [0.25, 0.3) is 0 Å². The molecule has 1 atom stereocenters. The molecular weight excluding hydrogens is 306 g/mol. The normalized spacial score (nSPS) is 13.2. The second kappa shape index (κ2) is 6.38. The monoisotopic (exact) mass is 321 g/mol. The number of aromatic nitrogens is 1. The molecular formula is C11H16ClN3O4S. The number of aromatic amines is 1. The summed E-state index contributed by atoms with van der Waals surface area (Å²) in [5.41, 5.74) is -0.563. The van der Waals surface area contributed by atoms with E-state index in [1.165, 1.54) is 14.1 Å². The van der Waals surface area contributed by atoms with Gasteiger partial charge in [-0.3, -0.25) is 9.59 Å². The molecule has 1 rings (SSSR count). The highest BCUT2D eigenvalue weighted by Gasteiger charge is 2.25. The number of nitrogens with zero attached hydrogens (tertiary/aromatic N) is 1. The molecule has 0 aliphatic carbocycles. The van der Waals surface area contributed by atoms with Crippen LogP contribution >= 0.6 is 11.6 Å². The summed E-state index contributed by atoms with van der Waals surface area (Å²) >= 11 is 5.61. The molecule has 2 N–H and O–H groups in total. The Morgan fingerprint density at radius 1 is 1.55 bits per heavy atom. The molecule has 0 spiro atoms. The molecule has 7 nitrogen and oxygen atoms in total. The van der Waals surface area contributed by atoms with Gasteiger partial charge in [-0.25, -0.2) is 12.7 Å². The molecule has 112 valence electrons. The van der Waals surface area contributed by atoms with Crippen LogP contribution in [0.4, 0.5) is 0 Å². The second-order valence-electron chi connectivity index (χ2n) is 4.31. The van der Waals surface area contributed by atoms with Crippen LogP contribution in [-0.4, -0.2) is 44.3 Å². The van der Waals surface area contributed by atoms with E-state index in [1.54, 1.807) is 6.92 Å². The fraction of sp³-hybridized carbons (Fsp3) is 0.455. The Balaban J connectivity index is 3.01. The van der Waals surface area contributed by atoms with Crippen molar-refractivity contribution >= 4 is 27.5 Å². The maximum atomic E-state index is 12.3. The Labute approximate surface area is 122 Å². The first kappa shape index (κ1) is 16.7. The number of halogens is 1. The third-order valence-corrected chi connectivity index (χ3v) is 4.85.